The number of nitrogens with one attached hydrogen (secondary N) is 1. The molecule has 6 nitrogen and oxygen atoms in total. The molecule has 5 aromatic rings. The highest BCUT2D eigenvalue weighted by atomic mass is 35.5. The van der Waals surface area contributed by atoms with Crippen LogP contribution >= 0.6 is 23.2 Å². The fourth-order valence-electron chi connectivity index (χ4n) is 5.12. The van der Waals surface area contributed by atoms with E-state index in [2.05, 4.69) is 78.6 Å². The van der Waals surface area contributed by atoms with Crippen molar-refractivity contribution >= 4 is 45.6 Å². The molecule has 1 aliphatic rings. The third kappa shape index (κ3) is 5.98. The van der Waals surface area contributed by atoms with Crippen LogP contribution in [-0.4, -0.2) is 46.0 Å². The van der Waals surface area contributed by atoms with Gasteiger partial charge in [0.25, 0.3) is 0 Å². The number of fused-ring (bicyclic) bond motifs is 1. The van der Waals surface area contributed by atoms with Crippen molar-refractivity contribution in [2.45, 2.75) is 12.6 Å². The summed E-state index contributed by atoms with van der Waals surface area (Å²) in [6, 6.07) is 29.3. The van der Waals surface area contributed by atoms with E-state index in [1.54, 1.807) is 6.20 Å². The summed E-state index contributed by atoms with van der Waals surface area (Å²) in [6.07, 6.45) is 3.54. The van der Waals surface area contributed by atoms with Crippen LogP contribution in [0.15, 0.2) is 97.3 Å². The molecule has 39 heavy (non-hydrogen) atoms. The molecule has 2 aromatic heterocycles. The predicted molar refractivity (Wildman–Crippen MR) is 160 cm³/mol. The fraction of sp³-hybridized carbons (Fsp3) is 0.194. The largest absolute Gasteiger partial charge is 0.374 e. The normalized spacial score (nSPS) is 14.9. The molecule has 1 unspecified atom stereocenters. The number of hydrogen-bond acceptors (Lipinski definition) is 6. The maximum Gasteiger partial charge on any atom is 0.224 e. The number of nitrogens with zero attached hydrogens (tertiary/aromatic N) is 5. The van der Waals surface area contributed by atoms with Crippen LogP contribution in [0.5, 0.6) is 0 Å². The summed E-state index contributed by atoms with van der Waals surface area (Å²) in [5, 5.41) is 5.80. The molecule has 1 aliphatic heterocycles. The van der Waals surface area contributed by atoms with E-state index in [0.717, 1.165) is 55.1 Å². The number of benzene rings is 3. The van der Waals surface area contributed by atoms with Crippen LogP contribution in [0.3, 0.4) is 0 Å². The van der Waals surface area contributed by atoms with E-state index in [-0.39, 0.29) is 6.04 Å². The van der Waals surface area contributed by atoms with Gasteiger partial charge < -0.3 is 10.2 Å². The minimum atomic E-state index is -0.00948. The van der Waals surface area contributed by atoms with Crippen molar-refractivity contribution < 1.29 is 0 Å². The van der Waals surface area contributed by atoms with Gasteiger partial charge in [0.2, 0.25) is 5.28 Å². The van der Waals surface area contributed by atoms with Crippen LogP contribution in [0.1, 0.15) is 22.7 Å². The van der Waals surface area contributed by atoms with Gasteiger partial charge in [0.05, 0.1) is 11.6 Å². The summed E-state index contributed by atoms with van der Waals surface area (Å²) >= 11 is 12.2. The predicted octanol–water partition coefficient (Wildman–Crippen LogP) is 6.86. The third-order valence-corrected chi connectivity index (χ3v) is 7.58. The van der Waals surface area contributed by atoms with E-state index in [0.29, 0.717) is 10.3 Å². The fourth-order valence-corrected chi connectivity index (χ4v) is 5.43. The molecule has 0 saturated carbocycles. The van der Waals surface area contributed by atoms with Gasteiger partial charge in [0.1, 0.15) is 5.82 Å². The lowest BCUT2D eigenvalue weighted by molar-refractivity contribution is 0.249. The number of anilines is 2. The van der Waals surface area contributed by atoms with Crippen LogP contribution in [-0.2, 0) is 6.54 Å². The smallest absolute Gasteiger partial charge is 0.224 e. The van der Waals surface area contributed by atoms with Gasteiger partial charge in [0.15, 0.2) is 0 Å². The first-order valence-electron chi connectivity index (χ1n) is 13.0. The van der Waals surface area contributed by atoms with Crippen molar-refractivity contribution in [1.82, 2.24) is 19.9 Å². The molecule has 1 N–H and O–H groups in total. The topological polar surface area (TPSA) is 57.2 Å². The first-order valence-corrected chi connectivity index (χ1v) is 13.8. The molecular weight excluding hydrogens is 527 g/mol. The third-order valence-electron chi connectivity index (χ3n) is 7.16. The Kier molecular flexibility index (Phi) is 7.59. The lowest BCUT2D eigenvalue weighted by Gasteiger charge is -2.35. The SMILES string of the molecule is Clc1ccc2c(NC(c3ccccc3)c3ccc(CN4CCN(c5ccnc(Cl)n5)CC4)cc3)ccnc2c1. The first kappa shape index (κ1) is 25.6. The molecule has 0 radical (unpaired) electrons. The Hall–Kier alpha value is -3.71. The van der Waals surface area contributed by atoms with E-state index in [9.17, 15) is 0 Å². The highest BCUT2D eigenvalue weighted by Crippen LogP contribution is 2.31. The zero-order valence-corrected chi connectivity index (χ0v) is 22.9. The van der Waals surface area contributed by atoms with E-state index in [1.165, 1.54) is 16.7 Å². The highest BCUT2D eigenvalue weighted by molar-refractivity contribution is 6.31. The number of halogens is 2. The molecule has 0 bridgehead atoms. The van der Waals surface area contributed by atoms with Gasteiger partial charge in [-0.1, -0.05) is 66.2 Å². The van der Waals surface area contributed by atoms with Gasteiger partial charge >= 0.3 is 0 Å². The second-order valence-corrected chi connectivity index (χ2v) is 10.5. The van der Waals surface area contributed by atoms with Gasteiger partial charge in [-0.05, 0) is 58.6 Å². The Balaban J connectivity index is 1.18. The maximum absolute atomic E-state index is 6.22. The van der Waals surface area contributed by atoms with Crippen molar-refractivity contribution in [3.05, 3.63) is 124 Å². The molecule has 0 aliphatic carbocycles. The lowest BCUT2D eigenvalue weighted by Crippen LogP contribution is -2.46. The minimum Gasteiger partial charge on any atom is -0.374 e. The van der Waals surface area contributed by atoms with E-state index < -0.39 is 0 Å². The van der Waals surface area contributed by atoms with Crippen molar-refractivity contribution in [3.63, 3.8) is 0 Å². The van der Waals surface area contributed by atoms with Crippen molar-refractivity contribution in [3.8, 4) is 0 Å². The number of aromatic nitrogens is 3. The second-order valence-electron chi connectivity index (χ2n) is 9.70. The molecule has 196 valence electrons. The van der Waals surface area contributed by atoms with Gasteiger partial charge in [-0.3, -0.25) is 9.88 Å². The summed E-state index contributed by atoms with van der Waals surface area (Å²) in [7, 11) is 0. The van der Waals surface area contributed by atoms with Crippen LogP contribution in [0.4, 0.5) is 11.5 Å². The zero-order chi connectivity index (χ0) is 26.6. The Labute approximate surface area is 238 Å². The molecule has 8 heteroatoms. The summed E-state index contributed by atoms with van der Waals surface area (Å²) < 4.78 is 0. The van der Waals surface area contributed by atoms with Crippen LogP contribution in [0.25, 0.3) is 10.9 Å². The highest BCUT2D eigenvalue weighted by Gasteiger charge is 2.20. The van der Waals surface area contributed by atoms with Crippen LogP contribution < -0.4 is 10.2 Å². The van der Waals surface area contributed by atoms with Gasteiger partial charge in [-0.2, -0.15) is 0 Å². The van der Waals surface area contributed by atoms with E-state index >= 15 is 0 Å². The van der Waals surface area contributed by atoms with Crippen molar-refractivity contribution in [2.24, 2.45) is 0 Å². The second kappa shape index (κ2) is 11.6. The van der Waals surface area contributed by atoms with E-state index in [1.807, 2.05) is 42.6 Å². The molecule has 0 amide bonds. The number of pyridine rings is 1. The monoisotopic (exact) mass is 554 g/mol. The Morgan fingerprint density at radius 2 is 1.51 bits per heavy atom. The van der Waals surface area contributed by atoms with Gasteiger partial charge in [0, 0.05) is 61.2 Å². The minimum absolute atomic E-state index is 0.00948. The van der Waals surface area contributed by atoms with Crippen LogP contribution in [0, 0.1) is 0 Å². The Morgan fingerprint density at radius 3 is 2.28 bits per heavy atom. The quantitative estimate of drug-likeness (QED) is 0.222. The maximum atomic E-state index is 6.22. The number of piperazine rings is 1. The first-order chi connectivity index (χ1) is 19.1. The molecule has 0 spiro atoms. The molecule has 1 fully saturated rings. The number of rotatable bonds is 7. The molecular formula is C31H28Cl2N6. The Bertz CT molecular complexity index is 1550. The molecule has 3 aromatic carbocycles. The molecule has 6 rings (SSSR count). The lowest BCUT2D eigenvalue weighted by atomic mass is 9.97. The Morgan fingerprint density at radius 1 is 0.769 bits per heavy atom. The summed E-state index contributed by atoms with van der Waals surface area (Å²) in [6.45, 7) is 4.68. The standard InChI is InChI=1S/C31H28Cl2N6/c32-25-10-11-26-27(12-14-34-28(26)20-25)36-30(23-4-2-1-3-5-23)24-8-6-22(7-9-24)21-38-16-18-39(19-17-38)29-13-15-35-31(33)37-29/h1-15,20,30H,16-19,21H2,(H,34,36). The van der Waals surface area contributed by atoms with Gasteiger partial charge in [-0.15, -0.1) is 0 Å². The molecule has 3 heterocycles. The summed E-state index contributed by atoms with van der Waals surface area (Å²) in [4.78, 5) is 17.6. The average molecular weight is 556 g/mol. The average Bonchev–Trinajstić information content (AvgIpc) is 2.97. The molecule has 1 saturated heterocycles. The van der Waals surface area contributed by atoms with Gasteiger partial charge in [-0.25, -0.2) is 9.97 Å². The summed E-state index contributed by atoms with van der Waals surface area (Å²) in [5.41, 5.74) is 5.60. The zero-order valence-electron chi connectivity index (χ0n) is 21.3. The number of hydrogen-bond donors (Lipinski definition) is 1. The summed E-state index contributed by atoms with van der Waals surface area (Å²) in [5.74, 6) is 0.892. The molecule has 1 atom stereocenters. The van der Waals surface area contributed by atoms with Crippen LogP contribution in [0.2, 0.25) is 10.3 Å². The van der Waals surface area contributed by atoms with Crippen molar-refractivity contribution in [1.29, 1.82) is 0 Å². The van der Waals surface area contributed by atoms with E-state index in [4.69, 9.17) is 23.2 Å². The van der Waals surface area contributed by atoms with Crippen molar-refractivity contribution in [2.75, 3.05) is 36.4 Å².